The quantitative estimate of drug-likeness (QED) is 0.818. The molecule has 2 aliphatic rings. The molecule has 0 aliphatic carbocycles. The van der Waals surface area contributed by atoms with Gasteiger partial charge in [-0.3, -0.25) is 9.69 Å². The molecule has 0 saturated carbocycles. The number of carbonyl (C=O) groups excluding carboxylic acids is 1. The predicted molar refractivity (Wildman–Crippen MR) is 73.2 cm³/mol. The van der Waals surface area contributed by atoms with E-state index in [0.717, 1.165) is 26.1 Å². The molecule has 2 saturated heterocycles. The van der Waals surface area contributed by atoms with Crippen LogP contribution in [0.1, 0.15) is 39.5 Å². The third-order valence-corrected chi connectivity index (χ3v) is 4.69. The summed E-state index contributed by atoms with van der Waals surface area (Å²) in [5, 5.41) is 0. The minimum atomic E-state index is -0.315. The van der Waals surface area contributed by atoms with Crippen molar-refractivity contribution in [1.29, 1.82) is 0 Å². The summed E-state index contributed by atoms with van der Waals surface area (Å²) in [6.45, 7) is 8.16. The van der Waals surface area contributed by atoms with Gasteiger partial charge in [0.25, 0.3) is 0 Å². The van der Waals surface area contributed by atoms with E-state index in [-0.39, 0.29) is 17.9 Å². The number of hydrogen-bond donors (Lipinski definition) is 1. The van der Waals surface area contributed by atoms with E-state index in [1.54, 1.807) is 0 Å². The molecule has 0 aromatic rings. The molecule has 0 spiro atoms. The fourth-order valence-electron chi connectivity index (χ4n) is 3.06. The van der Waals surface area contributed by atoms with Crippen LogP contribution in [-0.2, 0) is 4.79 Å². The number of piperidine rings is 1. The first-order valence-corrected chi connectivity index (χ1v) is 7.42. The van der Waals surface area contributed by atoms with Gasteiger partial charge in [-0.25, -0.2) is 0 Å². The molecule has 0 aromatic carbocycles. The number of nitrogens with two attached hydrogens (primary N) is 1. The van der Waals surface area contributed by atoms with Gasteiger partial charge in [-0.1, -0.05) is 26.7 Å². The van der Waals surface area contributed by atoms with Crippen molar-refractivity contribution < 1.29 is 4.79 Å². The Bertz CT molecular complexity index is 295. The van der Waals surface area contributed by atoms with Gasteiger partial charge in [-0.2, -0.15) is 0 Å². The van der Waals surface area contributed by atoms with Crippen LogP contribution in [0.3, 0.4) is 0 Å². The Labute approximate surface area is 110 Å². The van der Waals surface area contributed by atoms with Crippen LogP contribution >= 0.6 is 0 Å². The van der Waals surface area contributed by atoms with Crippen molar-refractivity contribution in [2.24, 2.45) is 11.7 Å². The highest BCUT2D eigenvalue weighted by atomic mass is 16.2. The molecule has 2 fully saturated rings. The largest absolute Gasteiger partial charge is 0.338 e. The van der Waals surface area contributed by atoms with Crippen molar-refractivity contribution in [2.75, 3.05) is 26.2 Å². The Kier molecular flexibility index (Phi) is 4.62. The lowest BCUT2D eigenvalue weighted by Gasteiger charge is -2.44. The average molecular weight is 253 g/mol. The molecule has 4 nitrogen and oxygen atoms in total. The number of fused-ring (bicyclic) bond motifs is 1. The van der Waals surface area contributed by atoms with Crippen LogP contribution < -0.4 is 5.73 Å². The smallest absolute Gasteiger partial charge is 0.239 e. The molecule has 2 aliphatic heterocycles. The number of piperazine rings is 1. The van der Waals surface area contributed by atoms with E-state index in [9.17, 15) is 4.79 Å². The summed E-state index contributed by atoms with van der Waals surface area (Å²) < 4.78 is 0. The van der Waals surface area contributed by atoms with Crippen molar-refractivity contribution in [3.63, 3.8) is 0 Å². The van der Waals surface area contributed by atoms with Crippen LogP contribution in [0.5, 0.6) is 0 Å². The Morgan fingerprint density at radius 1 is 1.33 bits per heavy atom. The van der Waals surface area contributed by atoms with Crippen molar-refractivity contribution >= 4 is 5.91 Å². The number of rotatable bonds is 3. The minimum absolute atomic E-state index is 0.162. The summed E-state index contributed by atoms with van der Waals surface area (Å²) in [5.41, 5.74) is 6.07. The SMILES string of the molecule is CCC(C)C(N)C(=O)N1CCN2CCCCC2C1. The second-order valence-electron chi connectivity index (χ2n) is 5.88. The summed E-state index contributed by atoms with van der Waals surface area (Å²) in [6.07, 6.45) is 4.83. The van der Waals surface area contributed by atoms with Crippen molar-refractivity contribution in [3.8, 4) is 0 Å². The number of amides is 1. The second kappa shape index (κ2) is 6.02. The maximum atomic E-state index is 12.4. The molecular formula is C14H27N3O. The van der Waals surface area contributed by atoms with Crippen LogP contribution in [-0.4, -0.2) is 54.0 Å². The van der Waals surface area contributed by atoms with E-state index in [0.29, 0.717) is 6.04 Å². The third-order valence-electron chi connectivity index (χ3n) is 4.69. The Balaban J connectivity index is 1.92. The van der Waals surface area contributed by atoms with Crippen LogP contribution in [0.25, 0.3) is 0 Å². The van der Waals surface area contributed by atoms with Gasteiger partial charge in [-0.15, -0.1) is 0 Å². The van der Waals surface area contributed by atoms with E-state index < -0.39 is 0 Å². The normalized spacial score (nSPS) is 28.6. The van der Waals surface area contributed by atoms with E-state index in [2.05, 4.69) is 18.7 Å². The minimum Gasteiger partial charge on any atom is -0.338 e. The molecule has 0 bridgehead atoms. The topological polar surface area (TPSA) is 49.6 Å². The monoisotopic (exact) mass is 253 g/mol. The standard InChI is InChI=1S/C14H27N3O/c1-3-11(2)13(15)14(18)17-9-8-16-7-5-4-6-12(16)10-17/h11-13H,3-10,15H2,1-2H3. The summed E-state index contributed by atoms with van der Waals surface area (Å²) in [5.74, 6) is 0.441. The number of carbonyl (C=O) groups is 1. The van der Waals surface area contributed by atoms with Gasteiger partial charge in [0.1, 0.15) is 0 Å². The van der Waals surface area contributed by atoms with Gasteiger partial charge >= 0.3 is 0 Å². The van der Waals surface area contributed by atoms with Crippen LogP contribution in [0.4, 0.5) is 0 Å². The first-order valence-electron chi connectivity index (χ1n) is 7.42. The zero-order valence-corrected chi connectivity index (χ0v) is 11.8. The number of hydrogen-bond acceptors (Lipinski definition) is 3. The van der Waals surface area contributed by atoms with Gasteiger partial charge in [-0.05, 0) is 25.3 Å². The van der Waals surface area contributed by atoms with Crippen LogP contribution in [0.2, 0.25) is 0 Å². The maximum absolute atomic E-state index is 12.4. The molecule has 104 valence electrons. The summed E-state index contributed by atoms with van der Waals surface area (Å²) in [4.78, 5) is 16.9. The molecule has 0 radical (unpaired) electrons. The van der Waals surface area contributed by atoms with Crippen molar-refractivity contribution in [1.82, 2.24) is 9.80 Å². The van der Waals surface area contributed by atoms with Crippen molar-refractivity contribution in [2.45, 2.75) is 51.6 Å². The molecule has 0 aromatic heterocycles. The molecular weight excluding hydrogens is 226 g/mol. The van der Waals surface area contributed by atoms with E-state index in [1.807, 2.05) is 4.90 Å². The Morgan fingerprint density at radius 2 is 2.11 bits per heavy atom. The molecule has 2 rings (SSSR count). The predicted octanol–water partition coefficient (Wildman–Crippen LogP) is 1.06. The molecule has 1 amide bonds. The van der Waals surface area contributed by atoms with Gasteiger partial charge in [0, 0.05) is 25.7 Å². The summed E-state index contributed by atoms with van der Waals surface area (Å²) in [7, 11) is 0. The lowest BCUT2D eigenvalue weighted by molar-refractivity contribution is -0.137. The van der Waals surface area contributed by atoms with E-state index in [1.165, 1.54) is 25.8 Å². The second-order valence-corrected chi connectivity index (χ2v) is 5.88. The average Bonchev–Trinajstić information content (AvgIpc) is 2.44. The third kappa shape index (κ3) is 2.86. The van der Waals surface area contributed by atoms with Crippen LogP contribution in [0, 0.1) is 5.92 Å². The highest BCUT2D eigenvalue weighted by molar-refractivity contribution is 5.82. The van der Waals surface area contributed by atoms with E-state index in [4.69, 9.17) is 5.73 Å². The Hall–Kier alpha value is -0.610. The van der Waals surface area contributed by atoms with Gasteiger partial charge in [0.05, 0.1) is 6.04 Å². The highest BCUT2D eigenvalue weighted by Gasteiger charge is 2.33. The lowest BCUT2D eigenvalue weighted by atomic mass is 9.96. The van der Waals surface area contributed by atoms with Gasteiger partial charge < -0.3 is 10.6 Å². The fraction of sp³-hybridized carbons (Fsp3) is 0.929. The first-order chi connectivity index (χ1) is 8.63. The van der Waals surface area contributed by atoms with Gasteiger partial charge in [0.2, 0.25) is 5.91 Å². The fourth-order valence-corrected chi connectivity index (χ4v) is 3.06. The number of nitrogens with zero attached hydrogens (tertiary/aromatic N) is 2. The zero-order chi connectivity index (χ0) is 13.1. The Morgan fingerprint density at radius 3 is 2.83 bits per heavy atom. The molecule has 18 heavy (non-hydrogen) atoms. The molecule has 3 atom stereocenters. The van der Waals surface area contributed by atoms with Gasteiger partial charge in [0.15, 0.2) is 0 Å². The molecule has 3 unspecified atom stereocenters. The lowest BCUT2D eigenvalue weighted by Crippen LogP contribution is -2.59. The maximum Gasteiger partial charge on any atom is 0.239 e. The first kappa shape index (κ1) is 13.8. The van der Waals surface area contributed by atoms with E-state index >= 15 is 0 Å². The molecule has 4 heteroatoms. The summed E-state index contributed by atoms with van der Waals surface area (Å²) >= 11 is 0. The zero-order valence-electron chi connectivity index (χ0n) is 11.8. The van der Waals surface area contributed by atoms with Crippen molar-refractivity contribution in [3.05, 3.63) is 0 Å². The highest BCUT2D eigenvalue weighted by Crippen LogP contribution is 2.22. The molecule has 2 heterocycles. The van der Waals surface area contributed by atoms with Crippen LogP contribution in [0.15, 0.2) is 0 Å². The molecule has 2 N–H and O–H groups in total. The summed E-state index contributed by atoms with van der Waals surface area (Å²) in [6, 6.07) is 0.269.